The van der Waals surface area contributed by atoms with Crippen molar-refractivity contribution >= 4 is 33.7 Å². The molecular formula is C30H22FN9O. The minimum Gasteiger partial charge on any atom is -0.334 e. The average molecular weight is 544 g/mol. The van der Waals surface area contributed by atoms with Gasteiger partial charge in [-0.1, -0.05) is 30.3 Å². The first kappa shape index (κ1) is 24.3. The molecule has 0 radical (unpaired) electrons. The molecule has 0 fully saturated rings. The molecule has 0 atom stereocenters. The molecule has 3 N–H and O–H groups in total. The molecule has 1 amide bonds. The van der Waals surface area contributed by atoms with Crippen molar-refractivity contribution in [3.8, 4) is 28.3 Å². The van der Waals surface area contributed by atoms with E-state index in [2.05, 4.69) is 40.4 Å². The second kappa shape index (κ2) is 9.79. The van der Waals surface area contributed by atoms with Crippen LogP contribution in [-0.4, -0.2) is 45.6 Å². The van der Waals surface area contributed by atoms with Gasteiger partial charge in [-0.3, -0.25) is 14.9 Å². The number of anilines is 1. The molecule has 11 heteroatoms. The molecule has 7 rings (SSSR count). The van der Waals surface area contributed by atoms with Crippen LogP contribution in [0.1, 0.15) is 11.3 Å². The second-order valence-electron chi connectivity index (χ2n) is 9.66. The Hall–Kier alpha value is -5.71. The Morgan fingerprint density at radius 3 is 2.76 bits per heavy atom. The van der Waals surface area contributed by atoms with E-state index in [9.17, 15) is 4.79 Å². The van der Waals surface area contributed by atoms with E-state index in [0.29, 0.717) is 44.9 Å². The van der Waals surface area contributed by atoms with Crippen LogP contribution in [0.4, 0.5) is 10.1 Å². The Morgan fingerprint density at radius 1 is 1.05 bits per heavy atom. The summed E-state index contributed by atoms with van der Waals surface area (Å²) in [5.41, 5.74) is 6.27. The number of aromatic nitrogens is 8. The Kier molecular flexibility index (Phi) is 5.81. The van der Waals surface area contributed by atoms with Gasteiger partial charge in [-0.2, -0.15) is 5.10 Å². The fraction of sp³-hybridized carbons (Fsp3) is 0.0667. The van der Waals surface area contributed by atoms with Crippen molar-refractivity contribution in [1.29, 1.82) is 0 Å². The van der Waals surface area contributed by atoms with Crippen molar-refractivity contribution in [3.63, 3.8) is 0 Å². The first-order chi connectivity index (χ1) is 20.0. The molecule has 0 aliphatic heterocycles. The normalized spacial score (nSPS) is 11.4. The molecule has 0 bridgehead atoms. The number of fused-ring (bicyclic) bond motifs is 2. The van der Waals surface area contributed by atoms with Crippen molar-refractivity contribution in [2.45, 2.75) is 13.3 Å². The van der Waals surface area contributed by atoms with E-state index in [1.54, 1.807) is 31.0 Å². The molecule has 0 aliphatic carbocycles. The summed E-state index contributed by atoms with van der Waals surface area (Å²) in [5, 5.41) is 10.6. The molecule has 0 spiro atoms. The highest BCUT2D eigenvalue weighted by Crippen LogP contribution is 2.33. The predicted octanol–water partition coefficient (Wildman–Crippen LogP) is 5.38. The Labute approximate surface area is 232 Å². The number of nitrogens with one attached hydrogen (secondary N) is 3. The number of carbonyl (C=O) groups excluding carboxylic acids is 1. The van der Waals surface area contributed by atoms with Crippen LogP contribution in [0.2, 0.25) is 0 Å². The molecule has 0 aliphatic rings. The average Bonchev–Trinajstić information content (AvgIpc) is 3.71. The third-order valence-corrected chi connectivity index (χ3v) is 6.77. The van der Waals surface area contributed by atoms with E-state index in [1.165, 1.54) is 6.07 Å². The maximum Gasteiger partial charge on any atom is 0.228 e. The van der Waals surface area contributed by atoms with Crippen LogP contribution in [0, 0.1) is 12.7 Å². The van der Waals surface area contributed by atoms with Gasteiger partial charge in [0.2, 0.25) is 5.91 Å². The summed E-state index contributed by atoms with van der Waals surface area (Å²) in [4.78, 5) is 33.5. The number of aromatic amines is 2. The van der Waals surface area contributed by atoms with Gasteiger partial charge in [0.25, 0.3) is 0 Å². The smallest absolute Gasteiger partial charge is 0.228 e. The first-order valence-electron chi connectivity index (χ1n) is 12.8. The van der Waals surface area contributed by atoms with Crippen LogP contribution < -0.4 is 5.32 Å². The maximum absolute atomic E-state index is 15.3. The van der Waals surface area contributed by atoms with Gasteiger partial charge in [-0.05, 0) is 42.3 Å². The summed E-state index contributed by atoms with van der Waals surface area (Å²) in [5.74, 6) is -0.198. The van der Waals surface area contributed by atoms with Crippen LogP contribution in [0.15, 0.2) is 85.7 Å². The summed E-state index contributed by atoms with van der Waals surface area (Å²) in [6, 6.07) is 16.3. The van der Waals surface area contributed by atoms with E-state index in [4.69, 9.17) is 0 Å². The number of aryl methyl sites for hydroxylation is 1. The standard InChI is InChI=1S/C30H22FN9O/c1-17-15-40(16-34-17)24-7-8-33-29-28(24)36-30(37-29)27-22-11-19(12-23(31)26(22)38-39-27)20-10-21(14-32-13-20)35-25(41)9-18-5-3-2-4-6-18/h2-8,10-16H,9H2,1H3,(H,35,41)(H,38,39)(H,33,36,37). The molecule has 5 heterocycles. The lowest BCUT2D eigenvalue weighted by atomic mass is 10.0. The number of hydrogen-bond donors (Lipinski definition) is 3. The molecule has 41 heavy (non-hydrogen) atoms. The molecule has 10 nitrogen and oxygen atoms in total. The lowest BCUT2D eigenvalue weighted by molar-refractivity contribution is -0.115. The number of nitrogens with zero attached hydrogens (tertiary/aromatic N) is 6. The Balaban J connectivity index is 1.24. The topological polar surface area (TPSA) is 130 Å². The Bertz CT molecular complexity index is 2060. The maximum atomic E-state index is 15.3. The number of halogens is 1. The van der Waals surface area contributed by atoms with Crippen molar-refractivity contribution in [3.05, 3.63) is 103 Å². The van der Waals surface area contributed by atoms with E-state index < -0.39 is 5.82 Å². The molecule has 0 unspecified atom stereocenters. The highest BCUT2D eigenvalue weighted by atomic mass is 19.1. The minimum atomic E-state index is -0.498. The van der Waals surface area contributed by atoms with Gasteiger partial charge < -0.3 is 14.9 Å². The van der Waals surface area contributed by atoms with Gasteiger partial charge in [0.15, 0.2) is 17.3 Å². The van der Waals surface area contributed by atoms with E-state index in [0.717, 1.165) is 16.9 Å². The van der Waals surface area contributed by atoms with Gasteiger partial charge in [0.05, 0.1) is 36.0 Å². The monoisotopic (exact) mass is 543 g/mol. The number of imidazole rings is 2. The molecule has 5 aromatic heterocycles. The SMILES string of the molecule is Cc1cn(-c2ccnc3nc(-c4[nH]nc5c(F)cc(-c6cncc(NC(=O)Cc7ccccc7)c6)cc45)[nH]c23)cn1. The molecule has 200 valence electrons. The highest BCUT2D eigenvalue weighted by molar-refractivity contribution is 5.97. The van der Waals surface area contributed by atoms with Gasteiger partial charge >= 0.3 is 0 Å². The van der Waals surface area contributed by atoms with Crippen molar-refractivity contribution in [2.24, 2.45) is 0 Å². The van der Waals surface area contributed by atoms with Gasteiger partial charge in [-0.25, -0.2) is 19.3 Å². The zero-order chi connectivity index (χ0) is 27.9. The number of hydrogen-bond acceptors (Lipinski definition) is 6. The van der Waals surface area contributed by atoms with Crippen molar-refractivity contribution in [2.75, 3.05) is 5.32 Å². The number of benzene rings is 2. The molecule has 7 aromatic rings. The molecular weight excluding hydrogens is 521 g/mol. The van der Waals surface area contributed by atoms with E-state index in [1.807, 2.05) is 60.2 Å². The largest absolute Gasteiger partial charge is 0.334 e. The molecule has 2 aromatic carbocycles. The zero-order valence-electron chi connectivity index (χ0n) is 21.8. The molecule has 0 saturated heterocycles. The summed E-state index contributed by atoms with van der Waals surface area (Å²) in [6.07, 6.45) is 8.74. The van der Waals surface area contributed by atoms with Crippen LogP contribution in [0.3, 0.4) is 0 Å². The number of amides is 1. The van der Waals surface area contributed by atoms with Crippen molar-refractivity contribution in [1.82, 2.24) is 39.7 Å². The summed E-state index contributed by atoms with van der Waals surface area (Å²) >= 11 is 0. The third kappa shape index (κ3) is 4.59. The Morgan fingerprint density at radius 2 is 1.93 bits per heavy atom. The first-order valence-corrected chi connectivity index (χ1v) is 12.8. The van der Waals surface area contributed by atoms with Gasteiger partial charge in [0.1, 0.15) is 16.7 Å². The minimum absolute atomic E-state index is 0.169. The fourth-order valence-corrected chi connectivity index (χ4v) is 4.86. The second-order valence-corrected chi connectivity index (χ2v) is 9.66. The zero-order valence-corrected chi connectivity index (χ0v) is 21.8. The van der Waals surface area contributed by atoms with Crippen LogP contribution in [0.25, 0.3) is 50.4 Å². The number of H-pyrrole nitrogens is 2. The van der Waals surface area contributed by atoms with Crippen LogP contribution in [0.5, 0.6) is 0 Å². The summed E-state index contributed by atoms with van der Waals surface area (Å²) in [7, 11) is 0. The number of rotatable bonds is 6. The van der Waals surface area contributed by atoms with E-state index >= 15 is 4.39 Å². The fourth-order valence-electron chi connectivity index (χ4n) is 4.86. The quantitative estimate of drug-likeness (QED) is 0.258. The van der Waals surface area contributed by atoms with Crippen LogP contribution in [-0.2, 0) is 11.2 Å². The number of pyridine rings is 2. The van der Waals surface area contributed by atoms with E-state index in [-0.39, 0.29) is 17.8 Å². The van der Waals surface area contributed by atoms with Gasteiger partial charge in [0, 0.05) is 29.5 Å². The van der Waals surface area contributed by atoms with Crippen molar-refractivity contribution < 1.29 is 9.18 Å². The molecule has 0 saturated carbocycles. The summed E-state index contributed by atoms with van der Waals surface area (Å²) < 4.78 is 17.2. The summed E-state index contributed by atoms with van der Waals surface area (Å²) in [6.45, 7) is 1.92. The predicted molar refractivity (Wildman–Crippen MR) is 153 cm³/mol. The highest BCUT2D eigenvalue weighted by Gasteiger charge is 2.18. The van der Waals surface area contributed by atoms with Gasteiger partial charge in [-0.15, -0.1) is 0 Å². The third-order valence-electron chi connectivity index (χ3n) is 6.77. The lowest BCUT2D eigenvalue weighted by Crippen LogP contribution is -2.14. The van der Waals surface area contributed by atoms with Crippen LogP contribution >= 0.6 is 0 Å². The lowest BCUT2D eigenvalue weighted by Gasteiger charge is -2.08. The number of carbonyl (C=O) groups is 1.